The van der Waals surface area contributed by atoms with Gasteiger partial charge in [0, 0.05) is 43.4 Å². The van der Waals surface area contributed by atoms with Crippen LogP contribution in [0.4, 0.5) is 5.69 Å². The van der Waals surface area contributed by atoms with Crippen LogP contribution in [-0.4, -0.2) is 16.6 Å². The Morgan fingerprint density at radius 1 is 0.950 bits per heavy atom. The van der Waals surface area contributed by atoms with Crippen LogP contribution in [0.3, 0.4) is 0 Å². The van der Waals surface area contributed by atoms with E-state index in [-0.39, 0.29) is 43.5 Å². The zero-order valence-corrected chi connectivity index (χ0v) is 27.9. The first-order valence-electron chi connectivity index (χ1n) is 14.7. The summed E-state index contributed by atoms with van der Waals surface area (Å²) in [5.41, 5.74) is 8.34. The van der Waals surface area contributed by atoms with Crippen molar-refractivity contribution in [3.8, 4) is 0 Å². The molecule has 1 radical (unpaired) electrons. The minimum Gasteiger partial charge on any atom is -0.512 e. The van der Waals surface area contributed by atoms with Crippen molar-refractivity contribution in [1.29, 1.82) is 0 Å². The topological polar surface area (TPSA) is 49.7 Å². The molecular formula is C36H46IrNO2-. The molecule has 40 heavy (non-hydrogen) atoms. The Bertz CT molecular complexity index is 1340. The zero-order valence-electron chi connectivity index (χ0n) is 25.5. The van der Waals surface area contributed by atoms with Crippen molar-refractivity contribution in [2.45, 2.75) is 87.5 Å². The fraction of sp³-hybridized carbons (Fsp3) is 0.444. The summed E-state index contributed by atoms with van der Waals surface area (Å²) in [4.78, 5) is 16.7. The van der Waals surface area contributed by atoms with Gasteiger partial charge < -0.3 is 5.11 Å². The van der Waals surface area contributed by atoms with Gasteiger partial charge in [-0.1, -0.05) is 79.7 Å². The van der Waals surface area contributed by atoms with Crippen LogP contribution in [0, 0.1) is 37.7 Å². The molecule has 0 saturated heterocycles. The summed E-state index contributed by atoms with van der Waals surface area (Å²) in [6.07, 6.45) is 6.00. The summed E-state index contributed by atoms with van der Waals surface area (Å²) >= 11 is 0. The monoisotopic (exact) mass is 717 g/mol. The van der Waals surface area contributed by atoms with E-state index in [4.69, 9.17) is 4.99 Å². The van der Waals surface area contributed by atoms with Gasteiger partial charge in [0.15, 0.2) is 5.78 Å². The molecule has 0 bridgehead atoms. The van der Waals surface area contributed by atoms with Crippen LogP contribution >= 0.6 is 0 Å². The number of carbonyl (C=O) groups is 1. The van der Waals surface area contributed by atoms with E-state index < -0.39 is 0 Å². The van der Waals surface area contributed by atoms with Crippen molar-refractivity contribution in [3.05, 3.63) is 88.2 Å². The minimum absolute atomic E-state index is 0. The molecule has 4 heteroatoms. The van der Waals surface area contributed by atoms with Crippen LogP contribution in [0.5, 0.6) is 0 Å². The summed E-state index contributed by atoms with van der Waals surface area (Å²) in [7, 11) is 0. The number of aliphatic hydroxyl groups excluding tert-OH is 1. The molecule has 0 amide bonds. The number of rotatable bonds is 10. The Balaban J connectivity index is 0.000000307. The van der Waals surface area contributed by atoms with Crippen LogP contribution in [0.1, 0.15) is 95.0 Å². The van der Waals surface area contributed by atoms with Crippen molar-refractivity contribution >= 4 is 28.0 Å². The fourth-order valence-corrected chi connectivity index (χ4v) is 5.53. The maximum atomic E-state index is 11.7. The summed E-state index contributed by atoms with van der Waals surface area (Å²) in [6.45, 7) is 16.8. The first-order chi connectivity index (χ1) is 18.6. The molecule has 1 aliphatic heterocycles. The molecule has 0 fully saturated rings. The van der Waals surface area contributed by atoms with Crippen LogP contribution < -0.4 is 0 Å². The molecule has 0 spiro atoms. The molecule has 1 aliphatic rings. The van der Waals surface area contributed by atoms with Gasteiger partial charge in [-0.25, -0.2) is 0 Å². The van der Waals surface area contributed by atoms with E-state index in [1.807, 2.05) is 27.7 Å². The number of aliphatic hydroxyl groups is 1. The average molecular weight is 717 g/mol. The van der Waals surface area contributed by atoms with Crippen molar-refractivity contribution in [2.24, 2.45) is 22.7 Å². The molecule has 3 aromatic carbocycles. The van der Waals surface area contributed by atoms with E-state index in [0.29, 0.717) is 5.92 Å². The first kappa shape index (κ1) is 33.7. The van der Waals surface area contributed by atoms with Crippen molar-refractivity contribution in [2.75, 3.05) is 0 Å². The van der Waals surface area contributed by atoms with E-state index in [0.717, 1.165) is 49.1 Å². The number of aliphatic imine (C=N–C) groups is 1. The van der Waals surface area contributed by atoms with Gasteiger partial charge in [0.2, 0.25) is 0 Å². The number of hydrogen-bond acceptors (Lipinski definition) is 3. The molecule has 4 rings (SSSR count). The zero-order chi connectivity index (χ0) is 28.7. The van der Waals surface area contributed by atoms with E-state index in [2.05, 4.69) is 76.2 Å². The number of benzene rings is 3. The molecular weight excluding hydrogens is 671 g/mol. The van der Waals surface area contributed by atoms with Gasteiger partial charge >= 0.3 is 0 Å². The normalized spacial score (nSPS) is 12.5. The number of ketones is 1. The largest absolute Gasteiger partial charge is 0.512 e. The van der Waals surface area contributed by atoms with E-state index in [9.17, 15) is 9.90 Å². The van der Waals surface area contributed by atoms with Crippen LogP contribution in [0.25, 0.3) is 10.8 Å². The van der Waals surface area contributed by atoms with Gasteiger partial charge in [-0.15, -0.1) is 34.9 Å². The molecule has 217 valence electrons. The Morgan fingerprint density at radius 3 is 2.17 bits per heavy atom. The summed E-state index contributed by atoms with van der Waals surface area (Å²) in [5, 5.41) is 12.3. The summed E-state index contributed by atoms with van der Waals surface area (Å²) < 4.78 is 0. The van der Waals surface area contributed by atoms with Crippen LogP contribution in [0.15, 0.2) is 59.3 Å². The summed E-state index contributed by atoms with van der Waals surface area (Å²) in [6, 6.07) is 18.9. The van der Waals surface area contributed by atoms with Gasteiger partial charge in [0.25, 0.3) is 0 Å². The quantitative estimate of drug-likeness (QED) is 0.101. The third-order valence-corrected chi connectivity index (χ3v) is 7.63. The fourth-order valence-electron chi connectivity index (χ4n) is 5.53. The van der Waals surface area contributed by atoms with Gasteiger partial charge in [-0.05, 0) is 66.3 Å². The Morgan fingerprint density at radius 2 is 1.60 bits per heavy atom. The van der Waals surface area contributed by atoms with Crippen molar-refractivity contribution in [1.82, 2.24) is 0 Å². The Hall–Kier alpha value is -2.55. The number of hydrogen-bond donors (Lipinski definition) is 1. The van der Waals surface area contributed by atoms with E-state index in [1.165, 1.54) is 39.1 Å². The second-order valence-corrected chi connectivity index (χ2v) is 11.3. The number of nitrogens with zero attached hydrogens (tertiary/aromatic N) is 1. The second-order valence-electron chi connectivity index (χ2n) is 11.3. The third kappa shape index (κ3) is 8.24. The maximum Gasteiger partial charge on any atom is 0.162 e. The molecule has 3 nitrogen and oxygen atoms in total. The second kappa shape index (κ2) is 15.4. The standard InChI is InChI=1S/C23H22N.C13H24O2.Ir/c1-14(2)8-17-12-18-6-5-7-21-22(18)20(13-17)23(24-21)19-10-15(3)9-16(4)11-19;1-5-10(6-2)12(14)9-13(15)11(7-3)8-4;/h5-7,9-10,12-14H,8H2,1-4H3;9-11,14H,5-8H2,1-4H3;/q-1;;/b;12-9-;. The number of carbonyl (C=O) groups excluding carboxylic acids is 1. The van der Waals surface area contributed by atoms with Crippen LogP contribution in [0.2, 0.25) is 0 Å². The Kier molecular flexibility index (Phi) is 13.0. The summed E-state index contributed by atoms with van der Waals surface area (Å²) in [5.74, 6) is 1.19. The van der Waals surface area contributed by atoms with Crippen molar-refractivity contribution < 1.29 is 30.0 Å². The van der Waals surface area contributed by atoms with Gasteiger partial charge in [0.05, 0.1) is 11.4 Å². The Labute approximate surface area is 255 Å². The van der Waals surface area contributed by atoms with Gasteiger partial charge in [-0.3, -0.25) is 9.79 Å². The number of allylic oxidation sites excluding steroid dienone is 2. The van der Waals surface area contributed by atoms with Crippen molar-refractivity contribution in [3.63, 3.8) is 0 Å². The predicted molar refractivity (Wildman–Crippen MR) is 166 cm³/mol. The SMILES string of the molecule is CCC(CC)C(=O)/C=C(\O)C(CC)CC.Cc1[c-]c(C2=Nc3cccc4cc(CC(C)C)cc2c34)cc(C)c1.[Ir]. The molecule has 0 aliphatic carbocycles. The molecule has 0 unspecified atom stereocenters. The smallest absolute Gasteiger partial charge is 0.162 e. The molecule has 0 aromatic heterocycles. The molecule has 3 aromatic rings. The molecule has 0 atom stereocenters. The van der Waals surface area contributed by atoms with Crippen LogP contribution in [-0.2, 0) is 31.3 Å². The van der Waals surface area contributed by atoms with Gasteiger partial charge in [-0.2, -0.15) is 0 Å². The molecule has 1 heterocycles. The first-order valence-corrected chi connectivity index (χ1v) is 14.7. The average Bonchev–Trinajstić information content (AvgIpc) is 3.25. The maximum absolute atomic E-state index is 11.7. The molecule has 1 N–H and O–H groups in total. The van der Waals surface area contributed by atoms with Gasteiger partial charge in [0.1, 0.15) is 0 Å². The predicted octanol–water partition coefficient (Wildman–Crippen LogP) is 9.81. The number of aryl methyl sites for hydroxylation is 2. The minimum atomic E-state index is 0. The molecule has 0 saturated carbocycles. The van der Waals surface area contributed by atoms with E-state index >= 15 is 0 Å². The van der Waals surface area contributed by atoms with E-state index in [1.54, 1.807) is 0 Å². The third-order valence-electron chi connectivity index (χ3n) is 7.63.